The third-order valence-corrected chi connectivity index (χ3v) is 3.33. The zero-order chi connectivity index (χ0) is 11.1. The van der Waals surface area contributed by atoms with Crippen molar-refractivity contribution >= 4 is 5.91 Å². The van der Waals surface area contributed by atoms with E-state index in [1.54, 1.807) is 0 Å². The Hall–Kier alpha value is -0.570. The molecule has 15 heavy (non-hydrogen) atoms. The Labute approximate surface area is 92.8 Å². The molecule has 3 N–H and O–H groups in total. The average molecular weight is 212 g/mol. The van der Waals surface area contributed by atoms with Crippen LogP contribution in [0.1, 0.15) is 45.4 Å². The van der Waals surface area contributed by atoms with Crippen LogP contribution in [-0.4, -0.2) is 19.0 Å². The molecule has 1 unspecified atom stereocenters. The summed E-state index contributed by atoms with van der Waals surface area (Å²) in [5, 5.41) is 3.05. The highest BCUT2D eigenvalue weighted by Gasteiger charge is 2.17. The van der Waals surface area contributed by atoms with Crippen molar-refractivity contribution in [1.29, 1.82) is 0 Å². The van der Waals surface area contributed by atoms with Crippen LogP contribution >= 0.6 is 0 Å². The van der Waals surface area contributed by atoms with Gasteiger partial charge in [-0.25, -0.2) is 0 Å². The quantitative estimate of drug-likeness (QED) is 0.703. The SMILES string of the molecule is CC(CCCN)C(=O)NCC1CCCC1. The summed E-state index contributed by atoms with van der Waals surface area (Å²) >= 11 is 0. The van der Waals surface area contributed by atoms with Crippen LogP contribution in [0.5, 0.6) is 0 Å². The Morgan fingerprint density at radius 3 is 2.73 bits per heavy atom. The number of carbonyl (C=O) groups excluding carboxylic acids is 1. The molecular formula is C12H24N2O. The molecule has 0 aromatic rings. The van der Waals surface area contributed by atoms with E-state index < -0.39 is 0 Å². The average Bonchev–Trinajstić information content (AvgIpc) is 2.75. The van der Waals surface area contributed by atoms with Gasteiger partial charge in [0.2, 0.25) is 5.91 Å². The van der Waals surface area contributed by atoms with Crippen molar-refractivity contribution < 1.29 is 4.79 Å². The van der Waals surface area contributed by atoms with Gasteiger partial charge in [0.05, 0.1) is 0 Å². The summed E-state index contributed by atoms with van der Waals surface area (Å²) < 4.78 is 0. The highest BCUT2D eigenvalue weighted by molar-refractivity contribution is 5.78. The highest BCUT2D eigenvalue weighted by atomic mass is 16.1. The number of nitrogens with one attached hydrogen (secondary N) is 1. The number of carbonyl (C=O) groups is 1. The van der Waals surface area contributed by atoms with Crippen molar-refractivity contribution in [2.75, 3.05) is 13.1 Å². The molecule has 88 valence electrons. The normalized spacial score (nSPS) is 19.1. The molecule has 3 nitrogen and oxygen atoms in total. The molecule has 0 spiro atoms. The van der Waals surface area contributed by atoms with E-state index in [-0.39, 0.29) is 11.8 Å². The molecule has 0 radical (unpaired) electrons. The first-order valence-electron chi connectivity index (χ1n) is 6.21. The third kappa shape index (κ3) is 4.65. The fraction of sp³-hybridized carbons (Fsp3) is 0.917. The molecule has 0 heterocycles. The van der Waals surface area contributed by atoms with Crippen molar-refractivity contribution in [2.45, 2.75) is 45.4 Å². The summed E-state index contributed by atoms with van der Waals surface area (Å²) in [6.45, 7) is 3.55. The molecule has 3 heteroatoms. The second-order valence-electron chi connectivity index (χ2n) is 4.73. The van der Waals surface area contributed by atoms with Crippen molar-refractivity contribution in [3.05, 3.63) is 0 Å². The monoisotopic (exact) mass is 212 g/mol. The lowest BCUT2D eigenvalue weighted by Crippen LogP contribution is -2.33. The summed E-state index contributed by atoms with van der Waals surface area (Å²) in [4.78, 5) is 11.7. The maximum Gasteiger partial charge on any atom is 0.222 e. The van der Waals surface area contributed by atoms with Gasteiger partial charge in [0.25, 0.3) is 0 Å². The van der Waals surface area contributed by atoms with Gasteiger partial charge in [-0.2, -0.15) is 0 Å². The molecule has 0 saturated heterocycles. The second kappa shape index (κ2) is 6.83. The first-order chi connectivity index (χ1) is 7.24. The van der Waals surface area contributed by atoms with Gasteiger partial charge in [-0.05, 0) is 38.1 Å². The van der Waals surface area contributed by atoms with Gasteiger partial charge in [-0.15, -0.1) is 0 Å². The van der Waals surface area contributed by atoms with Gasteiger partial charge < -0.3 is 11.1 Å². The molecule has 0 aromatic heterocycles. The number of hydrogen-bond acceptors (Lipinski definition) is 2. The molecule has 1 rings (SSSR count). The highest BCUT2D eigenvalue weighted by Crippen LogP contribution is 2.23. The van der Waals surface area contributed by atoms with Crippen molar-refractivity contribution in [2.24, 2.45) is 17.6 Å². The molecule has 1 aliphatic rings. The fourth-order valence-electron chi connectivity index (χ4n) is 2.19. The number of nitrogens with two attached hydrogens (primary N) is 1. The van der Waals surface area contributed by atoms with Crippen LogP contribution < -0.4 is 11.1 Å². The topological polar surface area (TPSA) is 55.1 Å². The van der Waals surface area contributed by atoms with Gasteiger partial charge in [0.15, 0.2) is 0 Å². The fourth-order valence-corrected chi connectivity index (χ4v) is 2.19. The van der Waals surface area contributed by atoms with E-state index >= 15 is 0 Å². The zero-order valence-electron chi connectivity index (χ0n) is 9.80. The van der Waals surface area contributed by atoms with Crippen LogP contribution in [0.2, 0.25) is 0 Å². The van der Waals surface area contributed by atoms with Crippen LogP contribution in [0.4, 0.5) is 0 Å². The van der Waals surface area contributed by atoms with E-state index in [9.17, 15) is 4.79 Å². The zero-order valence-corrected chi connectivity index (χ0v) is 9.80. The van der Waals surface area contributed by atoms with E-state index in [4.69, 9.17) is 5.73 Å². The van der Waals surface area contributed by atoms with Gasteiger partial charge >= 0.3 is 0 Å². The Bertz CT molecular complexity index is 188. The van der Waals surface area contributed by atoms with E-state index in [0.29, 0.717) is 6.54 Å². The summed E-state index contributed by atoms with van der Waals surface area (Å²) in [5.41, 5.74) is 5.42. The predicted octanol–water partition coefficient (Wildman–Crippen LogP) is 1.67. The maximum atomic E-state index is 11.7. The summed E-state index contributed by atoms with van der Waals surface area (Å²) in [6.07, 6.45) is 7.10. The van der Waals surface area contributed by atoms with Gasteiger partial charge in [0, 0.05) is 12.5 Å². The van der Waals surface area contributed by atoms with Crippen LogP contribution in [0.3, 0.4) is 0 Å². The summed E-state index contributed by atoms with van der Waals surface area (Å²) in [5.74, 6) is 1.06. The molecule has 1 amide bonds. The van der Waals surface area contributed by atoms with Crippen LogP contribution in [-0.2, 0) is 4.79 Å². The summed E-state index contributed by atoms with van der Waals surface area (Å²) in [7, 11) is 0. The number of hydrogen-bond donors (Lipinski definition) is 2. The molecule has 0 aromatic carbocycles. The summed E-state index contributed by atoms with van der Waals surface area (Å²) in [6, 6.07) is 0. The van der Waals surface area contributed by atoms with E-state index in [2.05, 4.69) is 5.32 Å². The smallest absolute Gasteiger partial charge is 0.222 e. The van der Waals surface area contributed by atoms with Crippen molar-refractivity contribution in [3.63, 3.8) is 0 Å². The Balaban J connectivity index is 2.11. The molecule has 0 bridgehead atoms. The number of rotatable bonds is 6. The maximum absolute atomic E-state index is 11.7. The Morgan fingerprint density at radius 2 is 2.13 bits per heavy atom. The van der Waals surface area contributed by atoms with Gasteiger partial charge in [-0.3, -0.25) is 4.79 Å². The Kier molecular flexibility index (Phi) is 5.69. The lowest BCUT2D eigenvalue weighted by Gasteiger charge is -2.14. The van der Waals surface area contributed by atoms with Crippen molar-refractivity contribution in [1.82, 2.24) is 5.32 Å². The van der Waals surface area contributed by atoms with Gasteiger partial charge in [0.1, 0.15) is 0 Å². The van der Waals surface area contributed by atoms with Crippen LogP contribution in [0, 0.1) is 11.8 Å². The molecular weight excluding hydrogens is 188 g/mol. The third-order valence-electron chi connectivity index (χ3n) is 3.33. The molecule has 1 saturated carbocycles. The molecule has 0 aliphatic heterocycles. The minimum absolute atomic E-state index is 0.120. The predicted molar refractivity (Wildman–Crippen MR) is 62.4 cm³/mol. The van der Waals surface area contributed by atoms with Crippen LogP contribution in [0.15, 0.2) is 0 Å². The van der Waals surface area contributed by atoms with E-state index in [1.165, 1.54) is 25.7 Å². The van der Waals surface area contributed by atoms with E-state index in [1.807, 2.05) is 6.92 Å². The standard InChI is InChI=1S/C12H24N2O/c1-10(5-4-8-13)12(15)14-9-11-6-2-3-7-11/h10-11H,2-9,13H2,1H3,(H,14,15). The largest absolute Gasteiger partial charge is 0.356 e. The lowest BCUT2D eigenvalue weighted by atomic mass is 10.0. The van der Waals surface area contributed by atoms with Gasteiger partial charge in [-0.1, -0.05) is 19.8 Å². The van der Waals surface area contributed by atoms with Crippen LogP contribution in [0.25, 0.3) is 0 Å². The first kappa shape index (κ1) is 12.5. The van der Waals surface area contributed by atoms with Crippen molar-refractivity contribution in [3.8, 4) is 0 Å². The first-order valence-corrected chi connectivity index (χ1v) is 6.21. The second-order valence-corrected chi connectivity index (χ2v) is 4.73. The lowest BCUT2D eigenvalue weighted by molar-refractivity contribution is -0.124. The molecule has 1 aliphatic carbocycles. The number of amides is 1. The minimum Gasteiger partial charge on any atom is -0.356 e. The Morgan fingerprint density at radius 1 is 1.47 bits per heavy atom. The molecule has 1 fully saturated rings. The van der Waals surface area contributed by atoms with E-state index in [0.717, 1.165) is 25.3 Å². The minimum atomic E-state index is 0.120. The molecule has 1 atom stereocenters.